The molecule has 0 aromatic heterocycles. The van der Waals surface area contributed by atoms with Crippen molar-refractivity contribution >= 4 is 17.5 Å². The third-order valence-electron chi connectivity index (χ3n) is 5.93. The smallest absolute Gasteiger partial charge is 0.257 e. The van der Waals surface area contributed by atoms with Gasteiger partial charge in [-0.1, -0.05) is 6.42 Å². The molecule has 0 bridgehead atoms. The first-order chi connectivity index (χ1) is 14.5. The molecule has 0 aliphatic carbocycles. The Morgan fingerprint density at radius 3 is 2.77 bits per heavy atom. The summed E-state index contributed by atoms with van der Waals surface area (Å²) in [4.78, 5) is 29.9. The van der Waals surface area contributed by atoms with Gasteiger partial charge in [0, 0.05) is 30.8 Å². The first-order valence-corrected chi connectivity index (χ1v) is 10.4. The number of hydrogen-bond donors (Lipinski definition) is 1. The van der Waals surface area contributed by atoms with E-state index >= 15 is 0 Å². The fraction of sp³-hybridized carbons (Fsp3) is 0.391. The summed E-state index contributed by atoms with van der Waals surface area (Å²) in [6.45, 7) is 3.40. The van der Waals surface area contributed by atoms with E-state index in [1.54, 1.807) is 18.2 Å². The topological polar surface area (TPSA) is 52.7 Å². The molecule has 2 amide bonds. The second-order valence-corrected chi connectivity index (χ2v) is 7.76. The van der Waals surface area contributed by atoms with E-state index in [4.69, 9.17) is 0 Å². The number of carbonyl (C=O) groups excluding carboxylic acids is 2. The highest BCUT2D eigenvalue weighted by Crippen LogP contribution is 2.35. The number of rotatable bonds is 4. The molecule has 2 heterocycles. The highest BCUT2D eigenvalue weighted by atomic mass is 19.1. The molecular formula is C23H25F2N3O2. The molecule has 0 radical (unpaired) electrons. The molecule has 0 unspecified atom stereocenters. The number of anilines is 1. The van der Waals surface area contributed by atoms with Gasteiger partial charge in [0.15, 0.2) is 0 Å². The largest absolute Gasteiger partial charge is 0.351 e. The zero-order chi connectivity index (χ0) is 21.3. The summed E-state index contributed by atoms with van der Waals surface area (Å²) in [5.74, 6) is -1.51. The lowest BCUT2D eigenvalue weighted by Gasteiger charge is -2.44. The van der Waals surface area contributed by atoms with Crippen LogP contribution in [0.1, 0.15) is 58.9 Å². The minimum atomic E-state index is -0.571. The van der Waals surface area contributed by atoms with Gasteiger partial charge in [-0.15, -0.1) is 0 Å². The van der Waals surface area contributed by atoms with Crippen LogP contribution in [0, 0.1) is 11.6 Å². The van der Waals surface area contributed by atoms with E-state index in [-0.39, 0.29) is 24.2 Å². The van der Waals surface area contributed by atoms with Crippen LogP contribution in [-0.2, 0) is 6.54 Å². The summed E-state index contributed by atoms with van der Waals surface area (Å²) in [7, 11) is 0. The van der Waals surface area contributed by atoms with Crippen molar-refractivity contribution in [3.8, 4) is 0 Å². The summed E-state index contributed by atoms with van der Waals surface area (Å²) in [5.41, 5.74) is 1.83. The molecule has 1 atom stereocenters. The van der Waals surface area contributed by atoms with Gasteiger partial charge in [-0.2, -0.15) is 0 Å². The fourth-order valence-electron chi connectivity index (χ4n) is 4.40. The molecular weight excluding hydrogens is 388 g/mol. The predicted molar refractivity (Wildman–Crippen MR) is 110 cm³/mol. The Morgan fingerprint density at radius 1 is 1.13 bits per heavy atom. The quantitative estimate of drug-likeness (QED) is 0.822. The van der Waals surface area contributed by atoms with E-state index in [2.05, 4.69) is 10.2 Å². The van der Waals surface area contributed by atoms with Gasteiger partial charge in [-0.05, 0) is 62.6 Å². The van der Waals surface area contributed by atoms with Gasteiger partial charge in [0.2, 0.25) is 0 Å². The number of amides is 2. The van der Waals surface area contributed by atoms with Gasteiger partial charge in [0.05, 0.1) is 11.3 Å². The minimum absolute atomic E-state index is 0.00962. The Kier molecular flexibility index (Phi) is 5.70. The molecule has 2 aliphatic rings. The van der Waals surface area contributed by atoms with Gasteiger partial charge in [0.25, 0.3) is 11.8 Å². The van der Waals surface area contributed by atoms with Gasteiger partial charge in [0.1, 0.15) is 17.8 Å². The van der Waals surface area contributed by atoms with Gasteiger partial charge in [-0.3, -0.25) is 9.59 Å². The number of hydrogen-bond acceptors (Lipinski definition) is 3. The molecule has 2 aromatic rings. The fourth-order valence-corrected chi connectivity index (χ4v) is 4.40. The Hall–Kier alpha value is -2.96. The summed E-state index contributed by atoms with van der Waals surface area (Å²) in [6.07, 6.45) is 4.11. The maximum absolute atomic E-state index is 13.8. The minimum Gasteiger partial charge on any atom is -0.351 e. The van der Waals surface area contributed by atoms with Crippen molar-refractivity contribution in [1.82, 2.24) is 10.2 Å². The number of nitrogens with zero attached hydrogens (tertiary/aromatic N) is 2. The maximum atomic E-state index is 13.8. The average Bonchev–Trinajstić information content (AvgIpc) is 3.00. The zero-order valence-electron chi connectivity index (χ0n) is 17.0. The zero-order valence-corrected chi connectivity index (χ0v) is 17.0. The lowest BCUT2D eigenvalue weighted by Crippen LogP contribution is -2.55. The van der Waals surface area contributed by atoms with E-state index in [0.717, 1.165) is 62.7 Å². The first kappa shape index (κ1) is 20.3. The molecule has 5 nitrogen and oxygen atoms in total. The van der Waals surface area contributed by atoms with E-state index in [1.807, 2.05) is 11.8 Å². The predicted octanol–water partition coefficient (Wildman–Crippen LogP) is 4.08. The van der Waals surface area contributed by atoms with E-state index < -0.39 is 17.5 Å². The van der Waals surface area contributed by atoms with Crippen molar-refractivity contribution in [1.29, 1.82) is 0 Å². The highest BCUT2D eigenvalue weighted by molar-refractivity contribution is 6.04. The number of benzene rings is 2. The molecule has 30 heavy (non-hydrogen) atoms. The van der Waals surface area contributed by atoms with Gasteiger partial charge in [-0.25, -0.2) is 8.78 Å². The summed E-state index contributed by atoms with van der Waals surface area (Å²) in [6, 6.07) is 8.19. The molecule has 0 spiro atoms. The van der Waals surface area contributed by atoms with Crippen molar-refractivity contribution in [2.45, 2.75) is 45.3 Å². The third kappa shape index (κ3) is 3.76. The molecule has 1 N–H and O–H groups in total. The van der Waals surface area contributed by atoms with Crippen LogP contribution in [0.4, 0.5) is 14.5 Å². The number of carbonyl (C=O) groups is 2. The van der Waals surface area contributed by atoms with Crippen LogP contribution in [0.5, 0.6) is 0 Å². The molecule has 2 aliphatic heterocycles. The van der Waals surface area contributed by atoms with Crippen LogP contribution in [0.25, 0.3) is 0 Å². The van der Waals surface area contributed by atoms with Gasteiger partial charge < -0.3 is 15.1 Å². The molecule has 1 saturated heterocycles. The second-order valence-electron chi connectivity index (χ2n) is 7.76. The Labute approximate surface area is 174 Å². The number of halogens is 2. The maximum Gasteiger partial charge on any atom is 0.257 e. The van der Waals surface area contributed by atoms with Crippen LogP contribution >= 0.6 is 0 Å². The number of nitrogens with one attached hydrogen (secondary N) is 1. The lowest BCUT2D eigenvalue weighted by atomic mass is 10.0. The van der Waals surface area contributed by atoms with Crippen LogP contribution < -0.4 is 10.2 Å². The monoisotopic (exact) mass is 413 g/mol. The van der Waals surface area contributed by atoms with Crippen molar-refractivity contribution in [2.24, 2.45) is 0 Å². The van der Waals surface area contributed by atoms with E-state index in [9.17, 15) is 18.4 Å². The standard InChI is InChI=1S/C23H25F2N3O2/c1-2-27-20-13-15(22(29)26-14-16-12-17(24)8-10-19(16)25)7-9-18(20)23(30)28-11-5-3-4-6-21(27)28/h7-10,12-13,21H,2-6,11,14H2,1H3,(H,26,29)/t21-/m0/s1. The van der Waals surface area contributed by atoms with Crippen LogP contribution in [0.3, 0.4) is 0 Å². The Morgan fingerprint density at radius 2 is 1.97 bits per heavy atom. The summed E-state index contributed by atoms with van der Waals surface area (Å²) in [5, 5.41) is 2.64. The number of fused-ring (bicyclic) bond motifs is 2. The third-order valence-corrected chi connectivity index (χ3v) is 5.93. The van der Waals surface area contributed by atoms with Crippen molar-refractivity contribution in [3.63, 3.8) is 0 Å². The Bertz CT molecular complexity index is 979. The summed E-state index contributed by atoms with van der Waals surface area (Å²) >= 11 is 0. The highest BCUT2D eigenvalue weighted by Gasteiger charge is 2.37. The Balaban J connectivity index is 1.58. The molecule has 1 fully saturated rings. The SMILES string of the molecule is CCN1c2cc(C(=O)NCc3cc(F)ccc3F)ccc2C(=O)N2CCCCC[C@H]21. The summed E-state index contributed by atoms with van der Waals surface area (Å²) < 4.78 is 27.2. The first-order valence-electron chi connectivity index (χ1n) is 10.4. The molecule has 2 aromatic carbocycles. The van der Waals surface area contributed by atoms with Crippen molar-refractivity contribution in [2.75, 3.05) is 18.0 Å². The van der Waals surface area contributed by atoms with Crippen LogP contribution in [0.2, 0.25) is 0 Å². The van der Waals surface area contributed by atoms with Crippen molar-refractivity contribution < 1.29 is 18.4 Å². The van der Waals surface area contributed by atoms with E-state index in [1.165, 1.54) is 0 Å². The van der Waals surface area contributed by atoms with Crippen LogP contribution in [-0.4, -0.2) is 36.0 Å². The van der Waals surface area contributed by atoms with Crippen molar-refractivity contribution in [3.05, 3.63) is 64.7 Å². The molecule has 158 valence electrons. The lowest BCUT2D eigenvalue weighted by molar-refractivity contribution is 0.0656. The molecule has 0 saturated carbocycles. The average molecular weight is 413 g/mol. The van der Waals surface area contributed by atoms with Crippen LogP contribution in [0.15, 0.2) is 36.4 Å². The molecule has 7 heteroatoms. The van der Waals surface area contributed by atoms with Gasteiger partial charge >= 0.3 is 0 Å². The molecule has 4 rings (SSSR count). The normalized spacial score (nSPS) is 18.5. The second kappa shape index (κ2) is 8.42. The van der Waals surface area contributed by atoms with E-state index in [0.29, 0.717) is 11.1 Å².